The van der Waals surface area contributed by atoms with E-state index in [1.165, 1.54) is 6.42 Å². The van der Waals surface area contributed by atoms with Crippen molar-refractivity contribution in [2.24, 2.45) is 0 Å². The predicted octanol–water partition coefficient (Wildman–Crippen LogP) is 2.04. The Hall–Kier alpha value is -1.42. The van der Waals surface area contributed by atoms with Gasteiger partial charge in [-0.3, -0.25) is 9.78 Å². The van der Waals surface area contributed by atoms with Gasteiger partial charge in [0, 0.05) is 32.1 Å². The summed E-state index contributed by atoms with van der Waals surface area (Å²) in [5.41, 5.74) is 0.968. The van der Waals surface area contributed by atoms with Gasteiger partial charge in [0.15, 0.2) is 0 Å². The maximum Gasteiger partial charge on any atom is 0.227 e. The van der Waals surface area contributed by atoms with Gasteiger partial charge in [-0.1, -0.05) is 6.07 Å². The SMILES string of the molecule is CCN(C[C@H]1CCCCO1)C(=O)Cc1cccnc1. The van der Waals surface area contributed by atoms with E-state index in [4.69, 9.17) is 4.74 Å². The minimum Gasteiger partial charge on any atom is -0.376 e. The summed E-state index contributed by atoms with van der Waals surface area (Å²) in [7, 11) is 0. The van der Waals surface area contributed by atoms with E-state index in [9.17, 15) is 4.79 Å². The van der Waals surface area contributed by atoms with Crippen LogP contribution in [-0.2, 0) is 16.0 Å². The van der Waals surface area contributed by atoms with Crippen LogP contribution in [0.2, 0.25) is 0 Å². The van der Waals surface area contributed by atoms with Crippen LogP contribution in [0.1, 0.15) is 31.7 Å². The summed E-state index contributed by atoms with van der Waals surface area (Å²) in [6.07, 6.45) is 7.53. The normalized spacial score (nSPS) is 19.1. The highest BCUT2D eigenvalue weighted by Crippen LogP contribution is 2.14. The Kier molecular flexibility index (Phi) is 5.33. The van der Waals surface area contributed by atoms with Crippen LogP contribution in [0.5, 0.6) is 0 Å². The molecule has 1 aromatic rings. The third-order valence-corrected chi connectivity index (χ3v) is 3.51. The van der Waals surface area contributed by atoms with Crippen molar-refractivity contribution in [1.29, 1.82) is 0 Å². The number of carbonyl (C=O) groups excluding carboxylic acids is 1. The van der Waals surface area contributed by atoms with Gasteiger partial charge in [-0.2, -0.15) is 0 Å². The molecule has 104 valence electrons. The van der Waals surface area contributed by atoms with E-state index < -0.39 is 0 Å². The molecule has 0 spiro atoms. The number of rotatable bonds is 5. The lowest BCUT2D eigenvalue weighted by atomic mass is 10.1. The van der Waals surface area contributed by atoms with Crippen LogP contribution in [0.15, 0.2) is 24.5 Å². The molecule has 1 aliphatic heterocycles. The number of likely N-dealkylation sites (N-methyl/N-ethyl adjacent to an activating group) is 1. The smallest absolute Gasteiger partial charge is 0.227 e. The second kappa shape index (κ2) is 7.24. The van der Waals surface area contributed by atoms with Crippen molar-refractivity contribution < 1.29 is 9.53 Å². The van der Waals surface area contributed by atoms with Crippen LogP contribution >= 0.6 is 0 Å². The number of nitrogens with zero attached hydrogens (tertiary/aromatic N) is 2. The Balaban J connectivity index is 1.87. The molecule has 0 aromatic carbocycles. The lowest BCUT2D eigenvalue weighted by Crippen LogP contribution is -2.40. The fraction of sp³-hybridized carbons (Fsp3) is 0.600. The Labute approximate surface area is 114 Å². The van der Waals surface area contributed by atoms with Crippen LogP contribution in [0.3, 0.4) is 0 Å². The van der Waals surface area contributed by atoms with Crippen LogP contribution in [0, 0.1) is 0 Å². The highest BCUT2D eigenvalue weighted by Gasteiger charge is 2.20. The van der Waals surface area contributed by atoms with Gasteiger partial charge >= 0.3 is 0 Å². The highest BCUT2D eigenvalue weighted by molar-refractivity contribution is 5.78. The number of pyridine rings is 1. The predicted molar refractivity (Wildman–Crippen MR) is 73.8 cm³/mol. The lowest BCUT2D eigenvalue weighted by Gasteiger charge is -2.29. The van der Waals surface area contributed by atoms with E-state index in [1.54, 1.807) is 12.4 Å². The molecule has 0 aliphatic carbocycles. The topological polar surface area (TPSA) is 42.4 Å². The number of aromatic nitrogens is 1. The molecule has 0 unspecified atom stereocenters. The van der Waals surface area contributed by atoms with Crippen molar-refractivity contribution in [3.63, 3.8) is 0 Å². The third-order valence-electron chi connectivity index (χ3n) is 3.51. The van der Waals surface area contributed by atoms with Crippen LogP contribution in [-0.4, -0.2) is 41.6 Å². The zero-order valence-electron chi connectivity index (χ0n) is 11.5. The maximum absolute atomic E-state index is 12.3. The van der Waals surface area contributed by atoms with E-state index in [0.29, 0.717) is 6.42 Å². The summed E-state index contributed by atoms with van der Waals surface area (Å²) >= 11 is 0. The second-order valence-electron chi connectivity index (χ2n) is 4.96. The average molecular weight is 262 g/mol. The van der Waals surface area contributed by atoms with Gasteiger partial charge in [0.05, 0.1) is 12.5 Å². The fourth-order valence-corrected chi connectivity index (χ4v) is 2.39. The van der Waals surface area contributed by atoms with Crippen LogP contribution < -0.4 is 0 Å². The molecule has 4 nitrogen and oxygen atoms in total. The molecule has 2 rings (SSSR count). The van der Waals surface area contributed by atoms with Crippen LogP contribution in [0.4, 0.5) is 0 Å². The number of hydrogen-bond acceptors (Lipinski definition) is 3. The van der Waals surface area contributed by atoms with Gasteiger partial charge in [0.25, 0.3) is 0 Å². The van der Waals surface area contributed by atoms with Gasteiger partial charge in [-0.15, -0.1) is 0 Å². The first-order chi connectivity index (χ1) is 9.29. The molecule has 2 heterocycles. The van der Waals surface area contributed by atoms with Crippen LogP contribution in [0.25, 0.3) is 0 Å². The van der Waals surface area contributed by atoms with Gasteiger partial charge in [-0.25, -0.2) is 0 Å². The van der Waals surface area contributed by atoms with Crippen molar-refractivity contribution in [2.75, 3.05) is 19.7 Å². The Morgan fingerprint density at radius 2 is 2.42 bits per heavy atom. The Morgan fingerprint density at radius 3 is 3.05 bits per heavy atom. The highest BCUT2D eigenvalue weighted by atomic mass is 16.5. The molecule has 1 fully saturated rings. The Bertz CT molecular complexity index is 388. The number of amides is 1. The van der Waals surface area contributed by atoms with Gasteiger partial charge in [0.1, 0.15) is 0 Å². The van der Waals surface area contributed by atoms with E-state index in [0.717, 1.165) is 38.1 Å². The summed E-state index contributed by atoms with van der Waals surface area (Å²) in [6.45, 7) is 4.30. The lowest BCUT2D eigenvalue weighted by molar-refractivity contribution is -0.132. The molecule has 1 amide bonds. The summed E-state index contributed by atoms with van der Waals surface area (Å²) < 4.78 is 5.70. The van der Waals surface area contributed by atoms with Crippen molar-refractivity contribution in [2.45, 2.75) is 38.7 Å². The number of carbonyl (C=O) groups is 1. The van der Waals surface area contributed by atoms with Crippen molar-refractivity contribution in [1.82, 2.24) is 9.88 Å². The first-order valence-electron chi connectivity index (χ1n) is 7.08. The number of hydrogen-bond donors (Lipinski definition) is 0. The van der Waals surface area contributed by atoms with Gasteiger partial charge in [0.2, 0.25) is 5.91 Å². The van der Waals surface area contributed by atoms with E-state index >= 15 is 0 Å². The minimum absolute atomic E-state index is 0.157. The molecule has 0 saturated carbocycles. The van der Waals surface area contributed by atoms with E-state index in [2.05, 4.69) is 4.98 Å². The van der Waals surface area contributed by atoms with Gasteiger partial charge < -0.3 is 9.64 Å². The summed E-state index contributed by atoms with van der Waals surface area (Å²) in [4.78, 5) is 18.2. The monoisotopic (exact) mass is 262 g/mol. The van der Waals surface area contributed by atoms with Gasteiger partial charge in [-0.05, 0) is 37.8 Å². The summed E-state index contributed by atoms with van der Waals surface area (Å²) in [5, 5.41) is 0. The largest absolute Gasteiger partial charge is 0.376 e. The summed E-state index contributed by atoms with van der Waals surface area (Å²) in [6, 6.07) is 3.80. The molecule has 4 heteroatoms. The van der Waals surface area contributed by atoms with Crippen molar-refractivity contribution >= 4 is 5.91 Å². The molecular weight excluding hydrogens is 240 g/mol. The molecule has 1 aliphatic rings. The standard InChI is InChI=1S/C15H22N2O2/c1-2-17(12-14-7-3-4-9-19-14)15(18)10-13-6-5-8-16-11-13/h5-6,8,11,14H,2-4,7,9-10,12H2,1H3/t14-/m1/s1. The molecule has 19 heavy (non-hydrogen) atoms. The maximum atomic E-state index is 12.3. The molecular formula is C15H22N2O2. The Morgan fingerprint density at radius 1 is 1.53 bits per heavy atom. The molecule has 0 bridgehead atoms. The molecule has 1 atom stereocenters. The zero-order valence-corrected chi connectivity index (χ0v) is 11.5. The number of ether oxygens (including phenoxy) is 1. The van der Waals surface area contributed by atoms with E-state index in [1.807, 2.05) is 24.0 Å². The summed E-state index contributed by atoms with van der Waals surface area (Å²) in [5.74, 6) is 0.157. The molecule has 1 saturated heterocycles. The van der Waals surface area contributed by atoms with E-state index in [-0.39, 0.29) is 12.0 Å². The minimum atomic E-state index is 0.157. The fourth-order valence-electron chi connectivity index (χ4n) is 2.39. The average Bonchev–Trinajstić information content (AvgIpc) is 2.47. The first kappa shape index (κ1) is 14.0. The first-order valence-corrected chi connectivity index (χ1v) is 7.08. The quantitative estimate of drug-likeness (QED) is 0.815. The molecule has 1 aromatic heterocycles. The zero-order chi connectivity index (χ0) is 13.5. The van der Waals surface area contributed by atoms with Crippen molar-refractivity contribution in [3.8, 4) is 0 Å². The van der Waals surface area contributed by atoms with Crippen molar-refractivity contribution in [3.05, 3.63) is 30.1 Å². The second-order valence-corrected chi connectivity index (χ2v) is 4.96. The third kappa shape index (κ3) is 4.31. The molecule has 0 radical (unpaired) electrons. The molecule has 0 N–H and O–H groups in total.